The van der Waals surface area contributed by atoms with Crippen molar-refractivity contribution in [3.05, 3.63) is 202 Å². The van der Waals surface area contributed by atoms with E-state index in [-0.39, 0.29) is 5.56 Å². The van der Waals surface area contributed by atoms with Crippen molar-refractivity contribution in [3.8, 4) is 22.5 Å². The third-order valence-electron chi connectivity index (χ3n) is 13.1. The zero-order valence-corrected chi connectivity index (χ0v) is 35.4. The monoisotopic (exact) mass is 817 g/mol. The van der Waals surface area contributed by atoms with Crippen LogP contribution in [0.3, 0.4) is 0 Å². The van der Waals surface area contributed by atoms with Crippen molar-refractivity contribution in [2.75, 3.05) is 6.54 Å². The predicted molar refractivity (Wildman–Crippen MR) is 244 cm³/mol. The fourth-order valence-electron chi connectivity index (χ4n) is 9.89. The van der Waals surface area contributed by atoms with Crippen molar-refractivity contribution >= 4 is 10.9 Å². The van der Waals surface area contributed by atoms with E-state index in [0.717, 1.165) is 101 Å². The molecule has 8 aromatic rings. The van der Waals surface area contributed by atoms with Gasteiger partial charge in [0.05, 0.1) is 17.4 Å². The van der Waals surface area contributed by atoms with Crippen LogP contribution in [0.25, 0.3) is 33.4 Å². The van der Waals surface area contributed by atoms with Crippen LogP contribution in [-0.2, 0) is 28.9 Å². The lowest BCUT2D eigenvalue weighted by Crippen LogP contribution is -2.39. The van der Waals surface area contributed by atoms with Gasteiger partial charge in [0.25, 0.3) is 5.56 Å². The van der Waals surface area contributed by atoms with Gasteiger partial charge in [-0.25, -0.2) is 9.67 Å². The Labute approximate surface area is 362 Å². The summed E-state index contributed by atoms with van der Waals surface area (Å²) < 4.78 is 3.86. The number of aryl methyl sites for hydroxylation is 1. The van der Waals surface area contributed by atoms with Gasteiger partial charge in [-0.1, -0.05) is 165 Å². The molecule has 2 aliphatic rings. The highest BCUT2D eigenvalue weighted by molar-refractivity contribution is 5.81. The average molecular weight is 818 g/mol. The Morgan fingerprint density at radius 2 is 1.40 bits per heavy atom. The van der Waals surface area contributed by atoms with Crippen molar-refractivity contribution in [3.63, 3.8) is 0 Å². The number of aromatic nitrogens is 6. The molecular weight excluding hydrogens is 767 g/mol. The van der Waals surface area contributed by atoms with Gasteiger partial charge in [0.15, 0.2) is 5.82 Å². The molecule has 6 aromatic carbocycles. The molecule has 0 N–H and O–H groups in total. The largest absolute Gasteiger partial charge is 0.292 e. The van der Waals surface area contributed by atoms with Gasteiger partial charge in [-0.3, -0.25) is 14.2 Å². The zero-order chi connectivity index (χ0) is 42.1. The van der Waals surface area contributed by atoms with E-state index in [0.29, 0.717) is 23.8 Å². The molecule has 9 nitrogen and oxygen atoms in total. The number of tetrazole rings is 1. The van der Waals surface area contributed by atoms with Crippen molar-refractivity contribution in [2.45, 2.75) is 82.5 Å². The van der Waals surface area contributed by atoms with Crippen molar-refractivity contribution < 1.29 is 4.84 Å². The molecule has 2 aliphatic heterocycles. The van der Waals surface area contributed by atoms with E-state index in [1.165, 1.54) is 6.42 Å². The maximum absolute atomic E-state index is 14.6. The first kappa shape index (κ1) is 39.6. The number of hydrogen-bond donors (Lipinski definition) is 0. The van der Waals surface area contributed by atoms with E-state index in [1.54, 1.807) is 0 Å². The van der Waals surface area contributed by atoms with Crippen molar-refractivity contribution in [1.82, 2.24) is 34.8 Å². The van der Waals surface area contributed by atoms with Crippen LogP contribution in [0.5, 0.6) is 0 Å². The third kappa shape index (κ3) is 7.05. The Hall–Kier alpha value is -6.55. The Kier molecular flexibility index (Phi) is 10.7. The van der Waals surface area contributed by atoms with Crippen LogP contribution in [-0.4, -0.2) is 47.4 Å². The van der Waals surface area contributed by atoms with E-state index in [1.807, 2.05) is 45.6 Å². The number of benzene rings is 6. The van der Waals surface area contributed by atoms with E-state index >= 15 is 0 Å². The molecule has 0 spiro atoms. The Balaban J connectivity index is 1.02. The first-order valence-corrected chi connectivity index (χ1v) is 22.1. The molecular formula is C53H51N7O2. The van der Waals surface area contributed by atoms with Gasteiger partial charge in [0.1, 0.15) is 17.0 Å². The molecule has 0 radical (unpaired) electrons. The van der Waals surface area contributed by atoms with Crippen LogP contribution in [0.4, 0.5) is 0 Å². The molecule has 2 fully saturated rings. The predicted octanol–water partition coefficient (Wildman–Crippen LogP) is 10.4. The third-order valence-corrected chi connectivity index (χ3v) is 13.1. The van der Waals surface area contributed by atoms with E-state index in [2.05, 4.69) is 145 Å². The molecule has 2 unspecified atom stereocenters. The quantitative estimate of drug-likeness (QED) is 0.113. The SMILES string of the molecule is CCCCc1nc2ccc(C3(C)CC4CCCCN4O3)cc2c(=O)n1Cc1ccc(-c2ccccc2-c2nnnn2C(c2ccccc2)(c2ccccc2)c2ccccc2)cc1. The van der Waals surface area contributed by atoms with Gasteiger partial charge >= 0.3 is 0 Å². The molecule has 9 heteroatoms. The average Bonchev–Trinajstić information content (AvgIpc) is 3.96. The summed E-state index contributed by atoms with van der Waals surface area (Å²) in [6.45, 7) is 5.72. The van der Waals surface area contributed by atoms with E-state index in [4.69, 9.17) is 20.1 Å². The minimum atomic E-state index is -0.880. The fraction of sp³-hybridized carbons (Fsp3) is 0.264. The maximum Gasteiger partial charge on any atom is 0.261 e. The number of rotatable bonds is 12. The topological polar surface area (TPSA) is 91.0 Å². The molecule has 2 atom stereocenters. The minimum Gasteiger partial charge on any atom is -0.292 e. The van der Waals surface area contributed by atoms with Crippen LogP contribution in [0.1, 0.15) is 86.0 Å². The van der Waals surface area contributed by atoms with Gasteiger partial charge in [0, 0.05) is 31.0 Å². The molecule has 10 rings (SSSR count). The highest BCUT2D eigenvalue weighted by Gasteiger charge is 2.45. The van der Waals surface area contributed by atoms with E-state index < -0.39 is 11.1 Å². The molecule has 0 saturated carbocycles. The highest BCUT2D eigenvalue weighted by atomic mass is 16.7. The van der Waals surface area contributed by atoms with Crippen LogP contribution >= 0.6 is 0 Å². The second kappa shape index (κ2) is 16.7. The van der Waals surface area contributed by atoms with Gasteiger partial charge in [0.2, 0.25) is 0 Å². The van der Waals surface area contributed by atoms with Crippen LogP contribution in [0.2, 0.25) is 0 Å². The summed E-state index contributed by atoms with van der Waals surface area (Å²) in [5, 5.41) is 16.7. The normalized spacial score (nSPS) is 17.9. The van der Waals surface area contributed by atoms with Gasteiger partial charge in [-0.2, -0.15) is 5.06 Å². The molecule has 0 bridgehead atoms. The highest BCUT2D eigenvalue weighted by Crippen LogP contribution is 2.45. The maximum atomic E-state index is 14.6. The van der Waals surface area contributed by atoms with Crippen molar-refractivity contribution in [2.24, 2.45) is 0 Å². The Morgan fingerprint density at radius 3 is 2.05 bits per heavy atom. The standard InChI is InChI=1S/C53H51N7O2/c1-3-4-27-49-54-48-33-32-43(52(2)36-44-24-16-17-34-59(44)62-52)35-47(48)51(61)58(49)37-38-28-30-39(31-29-38)45-25-14-15-26-46(45)50-55-56-57-60(50)53(40-18-8-5-9-19-40,41-20-10-6-11-21-41)42-22-12-7-13-23-42/h5-15,18-23,25-26,28-33,35,44H,3-4,16-17,24,27,34,36-37H2,1-2H3. The lowest BCUT2D eigenvalue weighted by atomic mass is 9.77. The second-order valence-corrected chi connectivity index (χ2v) is 17.0. The Bertz CT molecular complexity index is 2760. The Morgan fingerprint density at radius 1 is 0.758 bits per heavy atom. The lowest BCUT2D eigenvalue weighted by molar-refractivity contribution is -0.209. The van der Waals surface area contributed by atoms with Gasteiger partial charge in [-0.15, -0.1) is 5.10 Å². The summed E-state index contributed by atoms with van der Waals surface area (Å²) in [5.41, 5.74) is 7.47. The summed E-state index contributed by atoms with van der Waals surface area (Å²) in [4.78, 5) is 26.3. The molecule has 0 aliphatic carbocycles. The smallest absolute Gasteiger partial charge is 0.261 e. The number of piperidine rings is 1. The molecule has 0 amide bonds. The molecule has 310 valence electrons. The first-order valence-electron chi connectivity index (χ1n) is 22.1. The lowest BCUT2D eigenvalue weighted by Gasteiger charge is -2.36. The summed E-state index contributed by atoms with van der Waals surface area (Å²) in [6.07, 6.45) is 7.17. The summed E-state index contributed by atoms with van der Waals surface area (Å²) >= 11 is 0. The fourth-order valence-corrected chi connectivity index (χ4v) is 9.89. The van der Waals surface area contributed by atoms with Gasteiger partial charge in [-0.05, 0) is 87.7 Å². The number of hydroxylamine groups is 2. The molecule has 2 saturated heterocycles. The number of unbranched alkanes of at least 4 members (excludes halogenated alkanes) is 1. The summed E-state index contributed by atoms with van der Waals surface area (Å²) in [7, 11) is 0. The van der Waals surface area contributed by atoms with Crippen molar-refractivity contribution in [1.29, 1.82) is 0 Å². The van der Waals surface area contributed by atoms with E-state index in [9.17, 15) is 4.79 Å². The zero-order valence-electron chi connectivity index (χ0n) is 35.4. The summed E-state index contributed by atoms with van der Waals surface area (Å²) in [5.74, 6) is 1.46. The number of hydrogen-bond acceptors (Lipinski definition) is 7. The van der Waals surface area contributed by atoms with Crippen LogP contribution in [0.15, 0.2) is 163 Å². The first-order chi connectivity index (χ1) is 30.5. The minimum absolute atomic E-state index is 0.0118. The number of fused-ring (bicyclic) bond motifs is 2. The van der Waals surface area contributed by atoms with Gasteiger partial charge < -0.3 is 0 Å². The molecule has 62 heavy (non-hydrogen) atoms. The molecule has 2 aromatic heterocycles. The van der Waals surface area contributed by atoms with Crippen LogP contribution < -0.4 is 5.56 Å². The summed E-state index contributed by atoms with van der Waals surface area (Å²) in [6, 6.07) is 54.8. The number of nitrogens with zero attached hydrogens (tertiary/aromatic N) is 7. The molecule has 4 heterocycles. The van der Waals surface area contributed by atoms with Crippen LogP contribution in [0, 0.1) is 0 Å². The second-order valence-electron chi connectivity index (χ2n) is 17.0.